The minimum atomic E-state index is 0.723. The molecule has 11 heavy (non-hydrogen) atoms. The summed E-state index contributed by atoms with van der Waals surface area (Å²) in [5, 5.41) is 3.88. The minimum Gasteiger partial charge on any atom is -0.399 e. The molecule has 1 aromatic carbocycles. The smallest absolute Gasteiger partial charge is 0.0604 e. The molecule has 0 bridgehead atoms. The molecule has 3 heteroatoms. The zero-order valence-corrected chi connectivity index (χ0v) is 7.25. The van der Waals surface area contributed by atoms with Crippen molar-refractivity contribution in [1.82, 2.24) is 0 Å². The van der Waals surface area contributed by atoms with Crippen LogP contribution in [0.15, 0.2) is 23.6 Å². The molecule has 1 heterocycles. The number of nitrogen functional groups attached to an aromatic ring is 1. The molecule has 1 aromatic heterocycles. The molecule has 2 N–H and O–H groups in total. The topological polar surface area (TPSA) is 26.0 Å². The summed E-state index contributed by atoms with van der Waals surface area (Å²) in [6.07, 6.45) is 0. The molecule has 1 nitrogen and oxygen atoms in total. The van der Waals surface area contributed by atoms with Crippen LogP contribution in [0.3, 0.4) is 0 Å². The van der Waals surface area contributed by atoms with E-state index in [-0.39, 0.29) is 0 Å². The third-order valence-corrected chi connectivity index (χ3v) is 2.90. The first-order valence-electron chi connectivity index (χ1n) is 3.19. The summed E-state index contributed by atoms with van der Waals surface area (Å²) < 4.78 is 1.11. The molecule has 0 atom stereocenters. The van der Waals surface area contributed by atoms with Gasteiger partial charge >= 0.3 is 0 Å². The van der Waals surface area contributed by atoms with Crippen LogP contribution in [-0.2, 0) is 0 Å². The first kappa shape index (κ1) is 6.95. The van der Waals surface area contributed by atoms with Crippen molar-refractivity contribution in [3.8, 4) is 0 Å². The van der Waals surface area contributed by atoms with E-state index < -0.39 is 0 Å². The summed E-state index contributed by atoms with van der Waals surface area (Å²) in [5.41, 5.74) is 6.33. The van der Waals surface area contributed by atoms with E-state index in [1.807, 2.05) is 17.5 Å². The van der Waals surface area contributed by atoms with Gasteiger partial charge in [0.2, 0.25) is 0 Å². The zero-order chi connectivity index (χ0) is 7.84. The van der Waals surface area contributed by atoms with Crippen LogP contribution < -0.4 is 5.73 Å². The maximum Gasteiger partial charge on any atom is 0.0604 e. The molecule has 0 saturated heterocycles. The van der Waals surface area contributed by atoms with E-state index >= 15 is 0 Å². The molecule has 2 rings (SSSR count). The van der Waals surface area contributed by atoms with Crippen molar-refractivity contribution in [2.24, 2.45) is 0 Å². The van der Waals surface area contributed by atoms with E-state index in [0.29, 0.717) is 0 Å². The van der Waals surface area contributed by atoms with E-state index in [0.717, 1.165) is 20.8 Å². The number of benzene rings is 1. The number of rotatable bonds is 0. The molecule has 56 valence electrons. The van der Waals surface area contributed by atoms with Gasteiger partial charge in [0.25, 0.3) is 0 Å². The second-order valence-electron chi connectivity index (χ2n) is 2.34. The van der Waals surface area contributed by atoms with Crippen LogP contribution in [0.4, 0.5) is 5.69 Å². The molecule has 0 aliphatic rings. The lowest BCUT2D eigenvalue weighted by atomic mass is 10.2. The van der Waals surface area contributed by atoms with Gasteiger partial charge in [-0.05, 0) is 29.0 Å². The summed E-state index contributed by atoms with van der Waals surface area (Å²) in [6, 6.07) is 5.72. The quantitative estimate of drug-likeness (QED) is 0.624. The summed E-state index contributed by atoms with van der Waals surface area (Å²) >= 11 is 7.57. The van der Waals surface area contributed by atoms with E-state index in [2.05, 4.69) is 0 Å². The lowest BCUT2D eigenvalue weighted by molar-refractivity contribution is 1.78. The van der Waals surface area contributed by atoms with Crippen LogP contribution in [-0.4, -0.2) is 0 Å². The summed E-state index contributed by atoms with van der Waals surface area (Å²) in [5.74, 6) is 0. The van der Waals surface area contributed by atoms with Crippen molar-refractivity contribution in [3.63, 3.8) is 0 Å². The molecule has 0 fully saturated rings. The fourth-order valence-corrected chi connectivity index (χ4v) is 2.21. The van der Waals surface area contributed by atoms with Gasteiger partial charge in [-0.25, -0.2) is 0 Å². The zero-order valence-electron chi connectivity index (χ0n) is 5.67. The van der Waals surface area contributed by atoms with Crippen molar-refractivity contribution >= 4 is 38.7 Å². The van der Waals surface area contributed by atoms with Crippen LogP contribution in [0, 0.1) is 0 Å². The van der Waals surface area contributed by atoms with Gasteiger partial charge in [-0.1, -0.05) is 11.6 Å². The Morgan fingerprint density at radius 2 is 2.18 bits per heavy atom. The van der Waals surface area contributed by atoms with Crippen LogP contribution in [0.1, 0.15) is 0 Å². The number of fused-ring (bicyclic) bond motifs is 1. The van der Waals surface area contributed by atoms with Gasteiger partial charge in [-0.15, -0.1) is 11.3 Å². The highest BCUT2D eigenvalue weighted by Crippen LogP contribution is 2.30. The lowest BCUT2D eigenvalue weighted by Gasteiger charge is -1.95. The molecular weight excluding hydrogens is 178 g/mol. The monoisotopic (exact) mass is 183 g/mol. The van der Waals surface area contributed by atoms with Crippen LogP contribution in [0.25, 0.3) is 10.1 Å². The molecule has 0 aliphatic carbocycles. The van der Waals surface area contributed by atoms with Gasteiger partial charge in [0.15, 0.2) is 0 Å². The molecule has 2 aromatic rings. The van der Waals surface area contributed by atoms with Crippen molar-refractivity contribution in [1.29, 1.82) is 0 Å². The third kappa shape index (κ3) is 1.08. The second kappa shape index (κ2) is 2.40. The van der Waals surface area contributed by atoms with Gasteiger partial charge in [0.05, 0.1) is 9.72 Å². The molecule has 0 spiro atoms. The first-order valence-corrected chi connectivity index (χ1v) is 4.45. The number of hydrogen-bond donors (Lipinski definition) is 1. The van der Waals surface area contributed by atoms with E-state index in [9.17, 15) is 0 Å². The Labute approximate surface area is 73.4 Å². The predicted octanol–water partition coefficient (Wildman–Crippen LogP) is 3.14. The predicted molar refractivity (Wildman–Crippen MR) is 51.2 cm³/mol. The molecule has 0 radical (unpaired) electrons. The maximum absolute atomic E-state index is 5.93. The SMILES string of the molecule is Nc1cc(Cl)c2sccc2c1. The molecule has 0 amide bonds. The fourth-order valence-electron chi connectivity index (χ4n) is 1.06. The Kier molecular flexibility index (Phi) is 1.51. The normalized spacial score (nSPS) is 10.6. The van der Waals surface area contributed by atoms with Gasteiger partial charge in [0, 0.05) is 5.69 Å². The largest absolute Gasteiger partial charge is 0.399 e. The van der Waals surface area contributed by atoms with E-state index in [1.165, 1.54) is 0 Å². The summed E-state index contributed by atoms with van der Waals surface area (Å²) in [4.78, 5) is 0. The first-order chi connectivity index (χ1) is 5.27. The number of nitrogens with two attached hydrogens (primary N) is 1. The van der Waals surface area contributed by atoms with Gasteiger partial charge in [-0.2, -0.15) is 0 Å². The van der Waals surface area contributed by atoms with E-state index in [1.54, 1.807) is 17.4 Å². The number of thiophene rings is 1. The maximum atomic E-state index is 5.93. The van der Waals surface area contributed by atoms with Crippen molar-refractivity contribution in [2.75, 3.05) is 5.73 Å². The van der Waals surface area contributed by atoms with Crippen molar-refractivity contribution in [2.45, 2.75) is 0 Å². The van der Waals surface area contributed by atoms with Crippen molar-refractivity contribution in [3.05, 3.63) is 28.6 Å². The summed E-state index contributed by atoms with van der Waals surface area (Å²) in [7, 11) is 0. The average molecular weight is 184 g/mol. The Bertz CT molecular complexity index is 394. The number of halogens is 1. The highest BCUT2D eigenvalue weighted by atomic mass is 35.5. The average Bonchev–Trinajstić information content (AvgIpc) is 2.34. The highest BCUT2D eigenvalue weighted by molar-refractivity contribution is 7.17. The number of anilines is 1. The Morgan fingerprint density at radius 1 is 1.36 bits per heavy atom. The van der Waals surface area contributed by atoms with Crippen LogP contribution >= 0.6 is 22.9 Å². The van der Waals surface area contributed by atoms with Gasteiger partial charge in [0.1, 0.15) is 0 Å². The van der Waals surface area contributed by atoms with E-state index in [4.69, 9.17) is 17.3 Å². The Hall–Kier alpha value is -0.730. The van der Waals surface area contributed by atoms with Crippen molar-refractivity contribution < 1.29 is 0 Å². The molecular formula is C8H6ClNS. The fraction of sp³-hybridized carbons (Fsp3) is 0. The Morgan fingerprint density at radius 3 is 3.00 bits per heavy atom. The molecule has 0 unspecified atom stereocenters. The van der Waals surface area contributed by atoms with Crippen LogP contribution in [0.5, 0.6) is 0 Å². The standard InChI is InChI=1S/C8H6ClNS/c9-7-4-6(10)3-5-1-2-11-8(5)7/h1-4H,10H2. The third-order valence-electron chi connectivity index (χ3n) is 1.53. The molecule has 0 aliphatic heterocycles. The Balaban J connectivity index is 2.91. The minimum absolute atomic E-state index is 0.723. The highest BCUT2D eigenvalue weighted by Gasteiger charge is 2.00. The van der Waals surface area contributed by atoms with Gasteiger partial charge in [-0.3, -0.25) is 0 Å². The molecule has 0 saturated carbocycles. The van der Waals surface area contributed by atoms with Gasteiger partial charge < -0.3 is 5.73 Å². The van der Waals surface area contributed by atoms with Crippen LogP contribution in [0.2, 0.25) is 5.02 Å². The number of hydrogen-bond acceptors (Lipinski definition) is 2. The lowest BCUT2D eigenvalue weighted by Crippen LogP contribution is -1.82. The second-order valence-corrected chi connectivity index (χ2v) is 3.66. The summed E-state index contributed by atoms with van der Waals surface area (Å²) in [6.45, 7) is 0.